The molecule has 0 aliphatic rings. The molecule has 1 heterocycles. The largest absolute Gasteiger partial charge is 0.302 e. The van der Waals surface area contributed by atoms with Gasteiger partial charge in [-0.05, 0) is 74.5 Å². The minimum Gasteiger partial charge on any atom is -0.302 e. The summed E-state index contributed by atoms with van der Waals surface area (Å²) in [6, 6.07) is 10.3. The molecule has 1 amide bonds. The SMILES string of the molecule is CCN(CC)CCN(C(=O)c1ccc(S(=O)(=O)N(C)C)cc1)c1nc2cc(C)c(C)cc2s1. The summed E-state index contributed by atoms with van der Waals surface area (Å²) in [6.45, 7) is 11.3. The highest BCUT2D eigenvalue weighted by Crippen LogP contribution is 2.31. The zero-order valence-electron chi connectivity index (χ0n) is 20.1. The quantitative estimate of drug-likeness (QED) is 0.452. The third-order valence-electron chi connectivity index (χ3n) is 5.88. The van der Waals surface area contributed by atoms with Crippen LogP contribution in [0.5, 0.6) is 0 Å². The van der Waals surface area contributed by atoms with Crippen LogP contribution in [0, 0.1) is 13.8 Å². The highest BCUT2D eigenvalue weighted by Gasteiger charge is 2.23. The normalized spacial score (nSPS) is 12.1. The van der Waals surface area contributed by atoms with Crippen molar-refractivity contribution in [2.24, 2.45) is 0 Å². The minimum atomic E-state index is -3.55. The van der Waals surface area contributed by atoms with Gasteiger partial charge in [0.05, 0.1) is 15.1 Å². The van der Waals surface area contributed by atoms with Gasteiger partial charge < -0.3 is 4.90 Å². The van der Waals surface area contributed by atoms with E-state index in [1.807, 2.05) is 0 Å². The third-order valence-corrected chi connectivity index (χ3v) is 8.75. The second kappa shape index (κ2) is 10.3. The fourth-order valence-electron chi connectivity index (χ4n) is 3.48. The number of rotatable bonds is 9. The van der Waals surface area contributed by atoms with Crippen LogP contribution in [-0.2, 0) is 10.0 Å². The van der Waals surface area contributed by atoms with Crippen molar-refractivity contribution in [2.75, 3.05) is 45.2 Å². The molecule has 0 unspecified atom stereocenters. The minimum absolute atomic E-state index is 0.157. The van der Waals surface area contributed by atoms with Gasteiger partial charge in [-0.3, -0.25) is 9.69 Å². The van der Waals surface area contributed by atoms with Crippen LogP contribution in [0.1, 0.15) is 35.3 Å². The lowest BCUT2D eigenvalue weighted by molar-refractivity contribution is 0.0983. The molecule has 3 rings (SSSR count). The Morgan fingerprint density at radius 1 is 0.970 bits per heavy atom. The van der Waals surface area contributed by atoms with Crippen LogP contribution in [-0.4, -0.2) is 68.8 Å². The van der Waals surface area contributed by atoms with Crippen LogP contribution in [0.2, 0.25) is 0 Å². The highest BCUT2D eigenvalue weighted by molar-refractivity contribution is 7.89. The first-order chi connectivity index (χ1) is 15.6. The van der Waals surface area contributed by atoms with Crippen LogP contribution in [0.15, 0.2) is 41.3 Å². The Balaban J connectivity index is 1.98. The summed E-state index contributed by atoms with van der Waals surface area (Å²) in [5.74, 6) is -0.191. The average molecular weight is 489 g/mol. The number of likely N-dealkylation sites (N-methyl/N-ethyl adjacent to an activating group) is 1. The molecule has 0 saturated heterocycles. The Bertz CT molecular complexity index is 1190. The number of anilines is 1. The fourth-order valence-corrected chi connectivity index (χ4v) is 5.46. The van der Waals surface area contributed by atoms with Crippen molar-refractivity contribution in [2.45, 2.75) is 32.6 Å². The number of carbonyl (C=O) groups is 1. The van der Waals surface area contributed by atoms with Crippen molar-refractivity contribution in [3.8, 4) is 0 Å². The van der Waals surface area contributed by atoms with Crippen molar-refractivity contribution in [3.63, 3.8) is 0 Å². The van der Waals surface area contributed by atoms with Crippen molar-refractivity contribution in [1.29, 1.82) is 0 Å². The number of hydrogen-bond acceptors (Lipinski definition) is 6. The lowest BCUT2D eigenvalue weighted by atomic mass is 10.1. The first kappa shape index (κ1) is 25.3. The maximum absolute atomic E-state index is 13.6. The average Bonchev–Trinajstić information content (AvgIpc) is 3.18. The molecular formula is C24H32N4O3S2. The van der Waals surface area contributed by atoms with Gasteiger partial charge in [0.2, 0.25) is 10.0 Å². The molecule has 0 fully saturated rings. The molecule has 0 spiro atoms. The maximum atomic E-state index is 13.6. The Morgan fingerprint density at radius 2 is 1.58 bits per heavy atom. The Morgan fingerprint density at radius 3 is 2.15 bits per heavy atom. The maximum Gasteiger partial charge on any atom is 0.260 e. The number of carbonyl (C=O) groups excluding carboxylic acids is 1. The Hall–Kier alpha value is -2.33. The van der Waals surface area contributed by atoms with Crippen LogP contribution in [0.3, 0.4) is 0 Å². The van der Waals surface area contributed by atoms with E-state index in [4.69, 9.17) is 4.98 Å². The molecule has 0 atom stereocenters. The summed E-state index contributed by atoms with van der Waals surface area (Å²) >= 11 is 1.50. The molecule has 7 nitrogen and oxygen atoms in total. The number of hydrogen-bond donors (Lipinski definition) is 0. The monoisotopic (exact) mass is 488 g/mol. The van der Waals surface area contributed by atoms with Crippen molar-refractivity contribution < 1.29 is 13.2 Å². The van der Waals surface area contributed by atoms with Gasteiger partial charge in [-0.2, -0.15) is 0 Å². The van der Waals surface area contributed by atoms with Crippen molar-refractivity contribution in [3.05, 3.63) is 53.1 Å². The summed E-state index contributed by atoms with van der Waals surface area (Å²) in [5, 5.41) is 0.650. The van der Waals surface area contributed by atoms with Gasteiger partial charge in [0.15, 0.2) is 5.13 Å². The van der Waals surface area contributed by atoms with Gasteiger partial charge in [0, 0.05) is 32.7 Å². The van der Waals surface area contributed by atoms with E-state index >= 15 is 0 Å². The lowest BCUT2D eigenvalue weighted by Gasteiger charge is -2.24. The van der Waals surface area contributed by atoms with Crippen molar-refractivity contribution >= 4 is 42.6 Å². The molecule has 1 aromatic heterocycles. The molecule has 0 aliphatic heterocycles. The molecule has 0 N–H and O–H groups in total. The van der Waals surface area contributed by atoms with Gasteiger partial charge in [0.1, 0.15) is 0 Å². The highest BCUT2D eigenvalue weighted by atomic mass is 32.2. The van der Waals surface area contributed by atoms with Crippen LogP contribution >= 0.6 is 11.3 Å². The van der Waals surface area contributed by atoms with E-state index in [1.54, 1.807) is 17.0 Å². The van der Waals surface area contributed by atoms with E-state index in [0.29, 0.717) is 17.2 Å². The number of thiazole rings is 1. The third kappa shape index (κ3) is 5.43. The van der Waals surface area contributed by atoms with Crippen LogP contribution < -0.4 is 4.90 Å². The van der Waals surface area contributed by atoms with E-state index < -0.39 is 10.0 Å². The van der Waals surface area contributed by atoms with E-state index in [0.717, 1.165) is 39.7 Å². The van der Waals surface area contributed by atoms with E-state index in [9.17, 15) is 13.2 Å². The van der Waals surface area contributed by atoms with Gasteiger partial charge in [-0.25, -0.2) is 17.7 Å². The molecular weight excluding hydrogens is 456 g/mol. The molecule has 0 bridgehead atoms. The smallest absolute Gasteiger partial charge is 0.260 e. The summed E-state index contributed by atoms with van der Waals surface area (Å²) in [5.41, 5.74) is 3.67. The first-order valence-electron chi connectivity index (χ1n) is 11.0. The first-order valence-corrected chi connectivity index (χ1v) is 13.3. The molecule has 0 aliphatic carbocycles. The molecule has 3 aromatic rings. The summed E-state index contributed by atoms with van der Waals surface area (Å²) in [6.07, 6.45) is 0. The molecule has 0 saturated carbocycles. The molecule has 9 heteroatoms. The number of amides is 1. The number of fused-ring (bicyclic) bond motifs is 1. The van der Waals surface area contributed by atoms with Gasteiger partial charge in [-0.15, -0.1) is 0 Å². The predicted molar refractivity (Wildman–Crippen MR) is 136 cm³/mol. The summed E-state index contributed by atoms with van der Waals surface area (Å²) in [7, 11) is -0.582. The number of aryl methyl sites for hydroxylation is 2. The molecule has 178 valence electrons. The van der Waals surface area contributed by atoms with Crippen molar-refractivity contribution in [1.82, 2.24) is 14.2 Å². The Kier molecular flexibility index (Phi) is 7.89. The number of sulfonamides is 1. The topological polar surface area (TPSA) is 73.8 Å². The Labute approximate surface area is 200 Å². The van der Waals surface area contributed by atoms with E-state index in [1.165, 1.54) is 43.1 Å². The van der Waals surface area contributed by atoms with E-state index in [-0.39, 0.29) is 10.8 Å². The van der Waals surface area contributed by atoms with Gasteiger partial charge in [-0.1, -0.05) is 25.2 Å². The van der Waals surface area contributed by atoms with E-state index in [2.05, 4.69) is 44.7 Å². The van der Waals surface area contributed by atoms with Crippen LogP contribution in [0.25, 0.3) is 10.2 Å². The number of nitrogens with zero attached hydrogens (tertiary/aromatic N) is 4. The zero-order valence-corrected chi connectivity index (χ0v) is 21.8. The second-order valence-corrected chi connectivity index (χ2v) is 11.4. The van der Waals surface area contributed by atoms with Crippen LogP contribution in [0.4, 0.5) is 5.13 Å². The van der Waals surface area contributed by atoms with Gasteiger partial charge >= 0.3 is 0 Å². The number of aromatic nitrogens is 1. The zero-order chi connectivity index (χ0) is 24.3. The molecule has 0 radical (unpaired) electrons. The second-order valence-electron chi connectivity index (χ2n) is 8.20. The molecule has 2 aromatic carbocycles. The fraction of sp³-hybridized carbons (Fsp3) is 0.417. The standard InChI is InChI=1S/C24H32N4O3S2/c1-7-27(8-2)13-14-28(24-25-21-15-17(3)18(4)16-22(21)32-24)23(29)19-9-11-20(12-10-19)33(30,31)26(5)6/h9-12,15-16H,7-8,13-14H2,1-6H3. The van der Waals surface area contributed by atoms with Gasteiger partial charge in [0.25, 0.3) is 5.91 Å². The molecule has 33 heavy (non-hydrogen) atoms. The lowest BCUT2D eigenvalue weighted by Crippen LogP contribution is -2.38. The predicted octanol–water partition coefficient (Wildman–Crippen LogP) is 4.15. The number of benzene rings is 2. The summed E-state index contributed by atoms with van der Waals surface area (Å²) in [4.78, 5) is 22.5. The summed E-state index contributed by atoms with van der Waals surface area (Å²) < 4.78 is 27.0.